The predicted octanol–water partition coefficient (Wildman–Crippen LogP) is 1.42. The predicted molar refractivity (Wildman–Crippen MR) is 66.4 cm³/mol. The van der Waals surface area contributed by atoms with Crippen molar-refractivity contribution < 1.29 is 9.90 Å². The third-order valence-corrected chi connectivity index (χ3v) is 3.21. The van der Waals surface area contributed by atoms with Gasteiger partial charge in [-0.1, -0.05) is 0 Å². The zero-order valence-corrected chi connectivity index (χ0v) is 9.89. The Morgan fingerprint density at radius 1 is 1.47 bits per heavy atom. The summed E-state index contributed by atoms with van der Waals surface area (Å²) in [6, 6.07) is 3.94. The van der Waals surface area contributed by atoms with Crippen molar-refractivity contribution in [2.24, 2.45) is 5.92 Å². The van der Waals surface area contributed by atoms with Crippen LogP contribution < -0.4 is 10.2 Å². The first-order valence-corrected chi connectivity index (χ1v) is 5.82. The number of carboxylic acids is 1. The molecule has 5 heteroatoms. The van der Waals surface area contributed by atoms with Gasteiger partial charge in [0.25, 0.3) is 0 Å². The third kappa shape index (κ3) is 2.67. The molecule has 2 N–H and O–H groups in total. The summed E-state index contributed by atoms with van der Waals surface area (Å²) in [5, 5.41) is 11.9. The maximum absolute atomic E-state index is 10.8. The average Bonchev–Trinajstić information content (AvgIpc) is 2.39. The van der Waals surface area contributed by atoms with Crippen LogP contribution in [-0.4, -0.2) is 36.2 Å². The Morgan fingerprint density at radius 3 is 2.65 bits per heavy atom. The number of anilines is 2. The fourth-order valence-corrected chi connectivity index (χ4v) is 2.11. The Labute approximate surface area is 100 Å². The Bertz CT molecular complexity index is 383. The molecule has 5 nitrogen and oxygen atoms in total. The molecule has 0 bridgehead atoms. The van der Waals surface area contributed by atoms with E-state index in [1.54, 1.807) is 0 Å². The minimum Gasteiger partial charge on any atom is -0.481 e. The quantitative estimate of drug-likeness (QED) is 0.829. The number of carboxylic acid groups (broad SMARTS) is 1. The van der Waals surface area contributed by atoms with E-state index in [0.717, 1.165) is 24.6 Å². The van der Waals surface area contributed by atoms with E-state index < -0.39 is 5.97 Å². The molecule has 0 spiro atoms. The maximum Gasteiger partial charge on any atom is 0.306 e. The largest absolute Gasteiger partial charge is 0.481 e. The van der Waals surface area contributed by atoms with Gasteiger partial charge in [-0.05, 0) is 25.0 Å². The summed E-state index contributed by atoms with van der Waals surface area (Å²) in [6.07, 6.45) is 3.25. The normalized spacial score (nSPS) is 16.9. The van der Waals surface area contributed by atoms with Crippen LogP contribution in [0.25, 0.3) is 0 Å². The van der Waals surface area contributed by atoms with Crippen molar-refractivity contribution in [3.8, 4) is 0 Å². The number of piperidine rings is 1. The first kappa shape index (κ1) is 11.7. The van der Waals surface area contributed by atoms with Gasteiger partial charge in [-0.25, -0.2) is 4.98 Å². The topological polar surface area (TPSA) is 65.5 Å². The zero-order chi connectivity index (χ0) is 12.3. The van der Waals surface area contributed by atoms with Crippen molar-refractivity contribution in [1.29, 1.82) is 0 Å². The van der Waals surface area contributed by atoms with Crippen LogP contribution in [-0.2, 0) is 4.79 Å². The smallest absolute Gasteiger partial charge is 0.306 e. The van der Waals surface area contributed by atoms with Gasteiger partial charge in [-0.2, -0.15) is 0 Å². The van der Waals surface area contributed by atoms with Gasteiger partial charge in [-0.15, -0.1) is 0 Å². The van der Waals surface area contributed by atoms with Gasteiger partial charge in [0, 0.05) is 20.1 Å². The highest BCUT2D eigenvalue weighted by molar-refractivity contribution is 5.70. The Kier molecular flexibility index (Phi) is 3.46. The number of hydrogen-bond acceptors (Lipinski definition) is 4. The molecule has 0 saturated carbocycles. The van der Waals surface area contributed by atoms with Crippen molar-refractivity contribution in [2.45, 2.75) is 12.8 Å². The molecular formula is C12H17N3O2. The second kappa shape index (κ2) is 5.03. The van der Waals surface area contributed by atoms with E-state index in [1.807, 2.05) is 25.4 Å². The molecule has 1 saturated heterocycles. The van der Waals surface area contributed by atoms with Crippen LogP contribution in [0, 0.1) is 5.92 Å². The van der Waals surface area contributed by atoms with Crippen LogP contribution in [0.4, 0.5) is 11.5 Å². The molecule has 0 aliphatic carbocycles. The Balaban J connectivity index is 1.97. The lowest BCUT2D eigenvalue weighted by molar-refractivity contribution is -0.142. The van der Waals surface area contributed by atoms with Gasteiger partial charge >= 0.3 is 5.97 Å². The highest BCUT2D eigenvalue weighted by Crippen LogP contribution is 2.23. The molecule has 0 aromatic carbocycles. The van der Waals surface area contributed by atoms with E-state index in [4.69, 9.17) is 5.11 Å². The number of nitrogens with one attached hydrogen (secondary N) is 1. The van der Waals surface area contributed by atoms with Gasteiger partial charge in [0.1, 0.15) is 5.82 Å². The molecule has 92 valence electrons. The van der Waals surface area contributed by atoms with Crippen molar-refractivity contribution >= 4 is 17.5 Å². The molecule has 17 heavy (non-hydrogen) atoms. The van der Waals surface area contributed by atoms with Crippen LogP contribution in [0.15, 0.2) is 18.3 Å². The number of aromatic nitrogens is 1. The third-order valence-electron chi connectivity index (χ3n) is 3.21. The highest BCUT2D eigenvalue weighted by Gasteiger charge is 2.24. The molecule has 0 unspecified atom stereocenters. The van der Waals surface area contributed by atoms with Crippen LogP contribution in [0.5, 0.6) is 0 Å². The lowest BCUT2D eigenvalue weighted by Crippen LogP contribution is -2.36. The van der Waals surface area contributed by atoms with Gasteiger partial charge in [0.2, 0.25) is 0 Å². The fourth-order valence-electron chi connectivity index (χ4n) is 2.11. The molecule has 1 aliphatic rings. The van der Waals surface area contributed by atoms with Gasteiger partial charge in [0.05, 0.1) is 17.8 Å². The number of nitrogens with zero attached hydrogens (tertiary/aromatic N) is 2. The molecule has 2 rings (SSSR count). The highest BCUT2D eigenvalue weighted by atomic mass is 16.4. The van der Waals surface area contributed by atoms with Crippen molar-refractivity contribution in [3.05, 3.63) is 18.3 Å². The van der Waals surface area contributed by atoms with E-state index in [-0.39, 0.29) is 5.92 Å². The number of rotatable bonds is 3. The summed E-state index contributed by atoms with van der Waals surface area (Å²) < 4.78 is 0. The van der Waals surface area contributed by atoms with E-state index in [9.17, 15) is 4.79 Å². The van der Waals surface area contributed by atoms with E-state index in [0.29, 0.717) is 12.8 Å². The zero-order valence-electron chi connectivity index (χ0n) is 9.89. The van der Waals surface area contributed by atoms with E-state index in [2.05, 4.69) is 15.2 Å². The SMILES string of the molecule is CNc1ccc(N2CCC(C(=O)O)CC2)cn1. The van der Waals surface area contributed by atoms with E-state index >= 15 is 0 Å². The summed E-state index contributed by atoms with van der Waals surface area (Å²) in [5.74, 6) is -0.0155. The fraction of sp³-hybridized carbons (Fsp3) is 0.500. The molecule has 0 atom stereocenters. The summed E-state index contributed by atoms with van der Waals surface area (Å²) in [4.78, 5) is 17.3. The maximum atomic E-state index is 10.8. The van der Waals surface area contributed by atoms with Gasteiger partial charge < -0.3 is 15.3 Å². The number of pyridine rings is 1. The molecular weight excluding hydrogens is 218 g/mol. The van der Waals surface area contributed by atoms with Gasteiger partial charge in [-0.3, -0.25) is 4.79 Å². The number of carbonyl (C=O) groups is 1. The van der Waals surface area contributed by atoms with Crippen molar-refractivity contribution in [2.75, 3.05) is 30.4 Å². The van der Waals surface area contributed by atoms with Crippen molar-refractivity contribution in [1.82, 2.24) is 4.98 Å². The monoisotopic (exact) mass is 235 g/mol. The first-order chi connectivity index (χ1) is 8.20. The van der Waals surface area contributed by atoms with Crippen LogP contribution in [0.2, 0.25) is 0 Å². The van der Waals surface area contributed by atoms with Crippen LogP contribution in [0.1, 0.15) is 12.8 Å². The molecule has 0 amide bonds. The summed E-state index contributed by atoms with van der Waals surface area (Å²) in [5.41, 5.74) is 1.06. The average molecular weight is 235 g/mol. The molecule has 0 radical (unpaired) electrons. The molecule has 1 fully saturated rings. The second-order valence-electron chi connectivity index (χ2n) is 4.25. The Hall–Kier alpha value is -1.78. The molecule has 1 aliphatic heterocycles. The lowest BCUT2D eigenvalue weighted by Gasteiger charge is -2.31. The lowest BCUT2D eigenvalue weighted by atomic mass is 9.97. The second-order valence-corrected chi connectivity index (χ2v) is 4.25. The number of aliphatic carboxylic acids is 1. The summed E-state index contributed by atoms with van der Waals surface area (Å²) in [6.45, 7) is 1.58. The summed E-state index contributed by atoms with van der Waals surface area (Å²) in [7, 11) is 1.83. The number of hydrogen-bond donors (Lipinski definition) is 2. The minimum atomic E-state index is -0.673. The van der Waals surface area contributed by atoms with Gasteiger partial charge in [0.15, 0.2) is 0 Å². The minimum absolute atomic E-state index is 0.184. The van der Waals surface area contributed by atoms with E-state index in [1.165, 1.54) is 0 Å². The first-order valence-electron chi connectivity index (χ1n) is 5.82. The Morgan fingerprint density at radius 2 is 2.18 bits per heavy atom. The standard InChI is InChI=1S/C12H17N3O2/c1-13-11-3-2-10(8-14-11)15-6-4-9(5-7-15)12(16)17/h2-3,8-9H,4-7H2,1H3,(H,13,14)(H,16,17). The molecule has 1 aromatic heterocycles. The molecule has 2 heterocycles. The van der Waals surface area contributed by atoms with Crippen molar-refractivity contribution in [3.63, 3.8) is 0 Å². The van der Waals surface area contributed by atoms with Crippen LogP contribution in [0.3, 0.4) is 0 Å². The molecule has 1 aromatic rings. The van der Waals surface area contributed by atoms with Crippen LogP contribution >= 0.6 is 0 Å². The summed E-state index contributed by atoms with van der Waals surface area (Å²) >= 11 is 0.